The van der Waals surface area contributed by atoms with Gasteiger partial charge in [0.05, 0.1) is 6.04 Å². The Morgan fingerprint density at radius 3 is 2.06 bits per heavy atom. The van der Waals surface area contributed by atoms with E-state index in [0.29, 0.717) is 0 Å². The molecule has 0 saturated carbocycles. The first-order valence-electron chi connectivity index (χ1n) is 6.59. The van der Waals surface area contributed by atoms with E-state index in [2.05, 4.69) is 23.6 Å². The predicted octanol–water partition coefficient (Wildman–Crippen LogP) is 0.737. The van der Waals surface area contributed by atoms with Crippen LogP contribution in [0.5, 0.6) is 0 Å². The zero-order chi connectivity index (χ0) is 13.0. The molecule has 4 nitrogen and oxygen atoms in total. The molecular formula is C13H27N3O. The number of rotatable bonds is 4. The van der Waals surface area contributed by atoms with Gasteiger partial charge in [-0.3, -0.25) is 9.69 Å². The number of hydrogen-bond donors (Lipinski definition) is 0. The van der Waals surface area contributed by atoms with E-state index in [-0.39, 0.29) is 11.9 Å². The van der Waals surface area contributed by atoms with E-state index < -0.39 is 0 Å². The van der Waals surface area contributed by atoms with Crippen LogP contribution in [0.2, 0.25) is 0 Å². The lowest BCUT2D eigenvalue weighted by Crippen LogP contribution is -2.54. The third-order valence-corrected chi connectivity index (χ3v) is 3.38. The average Bonchev–Trinajstić information content (AvgIpc) is 2.27. The maximum Gasteiger partial charge on any atom is 0.239 e. The van der Waals surface area contributed by atoms with E-state index in [1.54, 1.807) is 4.90 Å². The molecular weight excluding hydrogens is 214 g/mol. The van der Waals surface area contributed by atoms with E-state index in [4.69, 9.17) is 0 Å². The molecule has 0 aromatic carbocycles. The van der Waals surface area contributed by atoms with Crippen molar-refractivity contribution in [3.05, 3.63) is 0 Å². The van der Waals surface area contributed by atoms with Gasteiger partial charge in [-0.15, -0.1) is 0 Å². The molecule has 17 heavy (non-hydrogen) atoms. The van der Waals surface area contributed by atoms with Crippen LogP contribution in [-0.4, -0.2) is 73.5 Å². The Morgan fingerprint density at radius 1 is 1.12 bits per heavy atom. The zero-order valence-electron chi connectivity index (χ0n) is 11.9. The quantitative estimate of drug-likeness (QED) is 0.726. The van der Waals surface area contributed by atoms with Gasteiger partial charge in [-0.2, -0.15) is 0 Å². The Morgan fingerprint density at radius 2 is 1.65 bits per heavy atom. The fourth-order valence-electron chi connectivity index (χ4n) is 2.38. The first-order valence-corrected chi connectivity index (χ1v) is 6.59. The molecule has 0 aliphatic carbocycles. The normalized spacial score (nSPS) is 20.6. The van der Waals surface area contributed by atoms with E-state index in [9.17, 15) is 4.79 Å². The second-order valence-electron chi connectivity index (χ2n) is 5.64. The van der Waals surface area contributed by atoms with Crippen LogP contribution in [-0.2, 0) is 4.79 Å². The van der Waals surface area contributed by atoms with Crippen molar-refractivity contribution in [3.8, 4) is 0 Å². The molecule has 0 bridgehead atoms. The fourth-order valence-corrected chi connectivity index (χ4v) is 2.38. The van der Waals surface area contributed by atoms with Crippen LogP contribution in [0.1, 0.15) is 20.8 Å². The Labute approximate surface area is 106 Å². The molecule has 1 amide bonds. The van der Waals surface area contributed by atoms with Gasteiger partial charge >= 0.3 is 0 Å². The van der Waals surface area contributed by atoms with Gasteiger partial charge in [0.1, 0.15) is 0 Å². The lowest BCUT2D eigenvalue weighted by Gasteiger charge is -2.38. The van der Waals surface area contributed by atoms with Crippen molar-refractivity contribution >= 4 is 5.91 Å². The van der Waals surface area contributed by atoms with Crippen molar-refractivity contribution in [2.75, 3.05) is 46.8 Å². The SMILES string of the molecule is CC(C)CN1CCN(C(C)C(=O)N(C)C)CC1. The van der Waals surface area contributed by atoms with Crippen molar-refractivity contribution in [2.45, 2.75) is 26.8 Å². The maximum atomic E-state index is 11.9. The molecule has 1 aliphatic rings. The summed E-state index contributed by atoms with van der Waals surface area (Å²) < 4.78 is 0. The summed E-state index contributed by atoms with van der Waals surface area (Å²) in [5.41, 5.74) is 0. The standard InChI is InChI=1S/C13H27N3O/c1-11(2)10-15-6-8-16(9-7-15)12(3)13(17)14(4)5/h11-12H,6-10H2,1-5H3. The molecule has 1 atom stereocenters. The van der Waals surface area contributed by atoms with Crippen molar-refractivity contribution in [3.63, 3.8) is 0 Å². The van der Waals surface area contributed by atoms with Crippen molar-refractivity contribution in [1.29, 1.82) is 0 Å². The summed E-state index contributed by atoms with van der Waals surface area (Å²) in [6.45, 7) is 11.9. The highest BCUT2D eigenvalue weighted by Gasteiger charge is 2.26. The maximum absolute atomic E-state index is 11.9. The molecule has 100 valence electrons. The third kappa shape index (κ3) is 4.28. The van der Waals surface area contributed by atoms with Gasteiger partial charge in [0.2, 0.25) is 5.91 Å². The minimum Gasteiger partial charge on any atom is -0.347 e. The fraction of sp³-hybridized carbons (Fsp3) is 0.923. The van der Waals surface area contributed by atoms with Gasteiger partial charge in [-0.1, -0.05) is 13.8 Å². The molecule has 1 saturated heterocycles. The summed E-state index contributed by atoms with van der Waals surface area (Å²) in [5.74, 6) is 0.935. The van der Waals surface area contributed by atoms with E-state index in [1.807, 2.05) is 21.0 Å². The lowest BCUT2D eigenvalue weighted by atomic mass is 10.1. The summed E-state index contributed by atoms with van der Waals surface area (Å²) in [6, 6.07) is 0.0196. The second kappa shape index (κ2) is 6.36. The minimum atomic E-state index is 0.0196. The van der Waals surface area contributed by atoms with Crippen LogP contribution >= 0.6 is 0 Å². The van der Waals surface area contributed by atoms with Gasteiger partial charge in [0.25, 0.3) is 0 Å². The molecule has 1 unspecified atom stereocenters. The monoisotopic (exact) mass is 241 g/mol. The highest BCUT2D eigenvalue weighted by molar-refractivity contribution is 5.80. The van der Waals surface area contributed by atoms with Crippen LogP contribution in [0.3, 0.4) is 0 Å². The third-order valence-electron chi connectivity index (χ3n) is 3.38. The second-order valence-corrected chi connectivity index (χ2v) is 5.64. The van der Waals surface area contributed by atoms with Crippen LogP contribution in [0.25, 0.3) is 0 Å². The Bertz CT molecular complexity index is 245. The molecule has 1 fully saturated rings. The summed E-state index contributed by atoms with van der Waals surface area (Å²) in [4.78, 5) is 18.3. The van der Waals surface area contributed by atoms with Gasteiger partial charge < -0.3 is 9.80 Å². The first kappa shape index (κ1) is 14.5. The first-order chi connectivity index (χ1) is 7.91. The topological polar surface area (TPSA) is 26.8 Å². The number of carbonyl (C=O) groups excluding carboxylic acids is 1. The van der Waals surface area contributed by atoms with E-state index in [1.165, 1.54) is 6.54 Å². The van der Waals surface area contributed by atoms with Gasteiger partial charge in [0.15, 0.2) is 0 Å². The van der Waals surface area contributed by atoms with Crippen molar-refractivity contribution in [1.82, 2.24) is 14.7 Å². The van der Waals surface area contributed by atoms with Gasteiger partial charge in [-0.25, -0.2) is 0 Å². The van der Waals surface area contributed by atoms with Crippen LogP contribution in [0.15, 0.2) is 0 Å². The van der Waals surface area contributed by atoms with Gasteiger partial charge in [-0.05, 0) is 12.8 Å². The summed E-state index contributed by atoms with van der Waals surface area (Å²) >= 11 is 0. The predicted molar refractivity (Wildman–Crippen MR) is 71.0 cm³/mol. The summed E-state index contributed by atoms with van der Waals surface area (Å²) in [5, 5.41) is 0. The van der Waals surface area contributed by atoms with E-state index in [0.717, 1.165) is 32.1 Å². The number of piperazine rings is 1. The Balaban J connectivity index is 2.38. The van der Waals surface area contributed by atoms with Crippen molar-refractivity contribution in [2.24, 2.45) is 5.92 Å². The molecule has 1 aliphatic heterocycles. The molecule has 0 spiro atoms. The highest BCUT2D eigenvalue weighted by Crippen LogP contribution is 2.09. The van der Waals surface area contributed by atoms with E-state index >= 15 is 0 Å². The Kier molecular flexibility index (Phi) is 5.40. The zero-order valence-corrected chi connectivity index (χ0v) is 11.9. The molecule has 0 aromatic rings. The number of hydrogen-bond acceptors (Lipinski definition) is 3. The molecule has 1 rings (SSSR count). The number of nitrogens with zero attached hydrogens (tertiary/aromatic N) is 3. The largest absolute Gasteiger partial charge is 0.347 e. The summed E-state index contributed by atoms with van der Waals surface area (Å²) in [6.07, 6.45) is 0. The molecule has 0 aromatic heterocycles. The Hall–Kier alpha value is -0.610. The van der Waals surface area contributed by atoms with Crippen LogP contribution < -0.4 is 0 Å². The minimum absolute atomic E-state index is 0.0196. The smallest absolute Gasteiger partial charge is 0.239 e. The average molecular weight is 241 g/mol. The molecule has 0 radical (unpaired) electrons. The molecule has 0 N–H and O–H groups in total. The van der Waals surface area contributed by atoms with Crippen LogP contribution in [0, 0.1) is 5.92 Å². The lowest BCUT2D eigenvalue weighted by molar-refractivity contribution is -0.134. The number of likely N-dealkylation sites (N-methyl/N-ethyl adjacent to an activating group) is 1. The summed E-state index contributed by atoms with van der Waals surface area (Å²) in [7, 11) is 3.65. The van der Waals surface area contributed by atoms with Crippen molar-refractivity contribution < 1.29 is 4.79 Å². The number of carbonyl (C=O) groups is 1. The number of amides is 1. The highest BCUT2D eigenvalue weighted by atomic mass is 16.2. The van der Waals surface area contributed by atoms with Crippen LogP contribution in [0.4, 0.5) is 0 Å². The van der Waals surface area contributed by atoms with Gasteiger partial charge in [0, 0.05) is 46.8 Å². The molecule has 4 heteroatoms. The molecule has 1 heterocycles.